The molecule has 1 aromatic rings. The van der Waals surface area contributed by atoms with E-state index >= 15 is 0 Å². The molecule has 0 aliphatic heterocycles. The molecule has 2 aliphatic rings. The molecule has 0 radical (unpaired) electrons. The van der Waals surface area contributed by atoms with Crippen molar-refractivity contribution in [2.24, 2.45) is 11.8 Å². The number of unbranched alkanes of at least 4 members (excludes halogenated alkanes) is 2. The number of halogens is 2. The summed E-state index contributed by atoms with van der Waals surface area (Å²) in [7, 11) is 0. The van der Waals surface area contributed by atoms with Gasteiger partial charge in [-0.05, 0) is 41.9 Å². The van der Waals surface area contributed by atoms with E-state index in [1.807, 2.05) is 12.1 Å². The maximum Gasteiger partial charge on any atom is 0.220 e. The number of rotatable bonds is 8. The zero-order valence-corrected chi connectivity index (χ0v) is 17.6. The van der Waals surface area contributed by atoms with Gasteiger partial charge < -0.3 is 0 Å². The van der Waals surface area contributed by atoms with Crippen molar-refractivity contribution in [2.45, 2.75) is 83.2 Å². The van der Waals surface area contributed by atoms with Crippen molar-refractivity contribution in [1.82, 2.24) is 0 Å². The largest absolute Gasteiger partial charge is 0.222 e. The molecule has 0 bridgehead atoms. The van der Waals surface area contributed by atoms with Gasteiger partial charge >= 0.3 is 0 Å². The lowest BCUT2D eigenvalue weighted by molar-refractivity contribution is 0.249. The van der Waals surface area contributed by atoms with Gasteiger partial charge in [0.1, 0.15) is 11.9 Å². The molecule has 1 saturated carbocycles. The number of hydrogen-bond donors (Lipinski definition) is 0. The van der Waals surface area contributed by atoms with Crippen LogP contribution in [0.5, 0.6) is 0 Å². The lowest BCUT2D eigenvalue weighted by Crippen LogP contribution is -2.19. The fourth-order valence-electron chi connectivity index (χ4n) is 4.73. The van der Waals surface area contributed by atoms with E-state index in [1.54, 1.807) is 0 Å². The van der Waals surface area contributed by atoms with E-state index in [-0.39, 0.29) is 0 Å². The fraction of sp³-hybridized carbons (Fsp3) is 0.577. The molecule has 0 aromatic heterocycles. The summed E-state index contributed by atoms with van der Waals surface area (Å²) in [5, 5.41) is 8.83. The van der Waals surface area contributed by atoms with Crippen molar-refractivity contribution >= 4 is 5.57 Å². The number of nitrogens with zero attached hydrogens (tertiary/aromatic N) is 1. The highest BCUT2D eigenvalue weighted by Gasteiger charge is 2.32. The van der Waals surface area contributed by atoms with Crippen LogP contribution in [0, 0.1) is 23.2 Å². The predicted molar refractivity (Wildman–Crippen MR) is 116 cm³/mol. The first-order chi connectivity index (χ1) is 14.0. The normalized spacial score (nSPS) is 27.1. The third-order valence-electron chi connectivity index (χ3n) is 6.69. The molecule has 0 saturated heterocycles. The summed E-state index contributed by atoms with van der Waals surface area (Å²) >= 11 is 0. The first-order valence-electron chi connectivity index (χ1n) is 11.3. The number of aryl methyl sites for hydroxylation is 1. The summed E-state index contributed by atoms with van der Waals surface area (Å²) < 4.78 is 28.2. The van der Waals surface area contributed by atoms with Crippen LogP contribution in [0.15, 0.2) is 42.2 Å². The van der Waals surface area contributed by atoms with E-state index in [2.05, 4.69) is 19.1 Å². The van der Waals surface area contributed by atoms with E-state index in [0.717, 1.165) is 29.9 Å². The Morgan fingerprint density at radius 1 is 1.03 bits per heavy atom. The van der Waals surface area contributed by atoms with Crippen molar-refractivity contribution in [2.75, 3.05) is 0 Å². The van der Waals surface area contributed by atoms with Gasteiger partial charge in [-0.15, -0.1) is 0 Å². The first-order valence-corrected chi connectivity index (χ1v) is 11.3. The third kappa shape index (κ3) is 6.01. The van der Waals surface area contributed by atoms with Gasteiger partial charge in [-0.3, -0.25) is 0 Å². The Balaban J connectivity index is 1.47. The summed E-state index contributed by atoms with van der Waals surface area (Å²) in [5.41, 5.74) is 0.190. The molecule has 1 unspecified atom stereocenters. The highest BCUT2D eigenvalue weighted by Crippen LogP contribution is 2.36. The standard InChI is InChI=1S/C26H33F2N/c1-2-3-4-5-20-6-8-21(9-7-20)10-11-22-12-14-23(15-13-22)24-16-17-26(28,19-29)18-25(24)27/h12-17,20-21H,2-11,18H2,1H3/t20-,21-,26?. The molecule has 0 N–H and O–H groups in total. The van der Waals surface area contributed by atoms with Crippen LogP contribution in [0.3, 0.4) is 0 Å². The average Bonchev–Trinajstić information content (AvgIpc) is 2.74. The molecule has 3 rings (SSSR count). The Bertz CT molecular complexity index is 763. The molecule has 0 heterocycles. The molecule has 3 heteroatoms. The van der Waals surface area contributed by atoms with Gasteiger partial charge in [-0.25, -0.2) is 8.78 Å². The van der Waals surface area contributed by atoms with Crippen molar-refractivity contribution in [3.63, 3.8) is 0 Å². The smallest absolute Gasteiger partial charge is 0.220 e. The van der Waals surface area contributed by atoms with Gasteiger partial charge in [-0.2, -0.15) is 5.26 Å². The molecule has 1 atom stereocenters. The Morgan fingerprint density at radius 2 is 1.69 bits per heavy atom. The minimum Gasteiger partial charge on any atom is -0.222 e. The SMILES string of the molecule is CCCCC[C@H]1CC[C@H](CCc2ccc(C3=C(F)CC(F)(C#N)C=C3)cc2)CC1. The Morgan fingerprint density at radius 3 is 2.28 bits per heavy atom. The van der Waals surface area contributed by atoms with Crippen LogP contribution in [-0.4, -0.2) is 5.67 Å². The summed E-state index contributed by atoms with van der Waals surface area (Å²) in [6, 6.07) is 9.47. The summed E-state index contributed by atoms with van der Waals surface area (Å²) in [6.07, 6.45) is 15.4. The van der Waals surface area contributed by atoms with Gasteiger partial charge in [0.15, 0.2) is 0 Å². The molecular weight excluding hydrogens is 364 g/mol. The third-order valence-corrected chi connectivity index (χ3v) is 6.69. The van der Waals surface area contributed by atoms with Crippen molar-refractivity contribution in [1.29, 1.82) is 5.26 Å². The molecule has 1 fully saturated rings. The second kappa shape index (κ2) is 10.2. The zero-order chi connectivity index (χ0) is 20.7. The minimum absolute atomic E-state index is 0.390. The van der Waals surface area contributed by atoms with Crippen LogP contribution in [-0.2, 0) is 6.42 Å². The Kier molecular flexibility index (Phi) is 7.64. The number of allylic oxidation sites excluding steroid dienone is 4. The number of nitriles is 1. The van der Waals surface area contributed by atoms with Crippen LogP contribution in [0.1, 0.15) is 82.3 Å². The molecule has 1 nitrogen and oxygen atoms in total. The van der Waals surface area contributed by atoms with Gasteiger partial charge in [0.2, 0.25) is 5.67 Å². The first kappa shape index (κ1) is 21.8. The zero-order valence-electron chi connectivity index (χ0n) is 17.6. The molecule has 29 heavy (non-hydrogen) atoms. The highest BCUT2D eigenvalue weighted by molar-refractivity contribution is 5.77. The molecule has 1 aromatic carbocycles. The molecular formula is C26H33F2N. The monoisotopic (exact) mass is 397 g/mol. The Hall–Kier alpha value is -1.95. The summed E-state index contributed by atoms with van der Waals surface area (Å²) in [4.78, 5) is 0. The van der Waals surface area contributed by atoms with E-state index in [4.69, 9.17) is 5.26 Å². The molecule has 0 spiro atoms. The van der Waals surface area contributed by atoms with E-state index in [1.165, 1.54) is 75.5 Å². The van der Waals surface area contributed by atoms with E-state index in [0.29, 0.717) is 5.57 Å². The van der Waals surface area contributed by atoms with Crippen molar-refractivity contribution in [3.05, 3.63) is 53.4 Å². The lowest BCUT2D eigenvalue weighted by Gasteiger charge is -2.28. The van der Waals surface area contributed by atoms with Gasteiger partial charge in [0.05, 0.1) is 6.42 Å². The van der Waals surface area contributed by atoms with Crippen LogP contribution >= 0.6 is 0 Å². The summed E-state index contributed by atoms with van der Waals surface area (Å²) in [6.45, 7) is 2.27. The van der Waals surface area contributed by atoms with E-state index < -0.39 is 17.9 Å². The fourth-order valence-corrected chi connectivity index (χ4v) is 4.73. The quantitative estimate of drug-likeness (QED) is 0.409. The Labute approximate surface area is 174 Å². The van der Waals surface area contributed by atoms with Crippen LogP contribution in [0.2, 0.25) is 0 Å². The lowest BCUT2D eigenvalue weighted by atomic mass is 9.77. The molecule has 2 aliphatic carbocycles. The van der Waals surface area contributed by atoms with Crippen LogP contribution < -0.4 is 0 Å². The molecule has 0 amide bonds. The summed E-state index contributed by atoms with van der Waals surface area (Å²) in [5.74, 6) is 1.23. The number of hydrogen-bond acceptors (Lipinski definition) is 1. The maximum absolute atomic E-state index is 14.3. The maximum atomic E-state index is 14.3. The topological polar surface area (TPSA) is 23.8 Å². The van der Waals surface area contributed by atoms with Crippen molar-refractivity contribution < 1.29 is 8.78 Å². The van der Waals surface area contributed by atoms with Crippen LogP contribution in [0.25, 0.3) is 5.57 Å². The number of alkyl halides is 1. The van der Waals surface area contributed by atoms with Gasteiger partial charge in [0, 0.05) is 5.57 Å². The highest BCUT2D eigenvalue weighted by atomic mass is 19.1. The average molecular weight is 398 g/mol. The second-order valence-corrected chi connectivity index (χ2v) is 8.92. The van der Waals surface area contributed by atoms with Gasteiger partial charge in [0.25, 0.3) is 0 Å². The van der Waals surface area contributed by atoms with Crippen molar-refractivity contribution in [3.8, 4) is 6.07 Å². The molecule has 156 valence electrons. The van der Waals surface area contributed by atoms with Crippen LogP contribution in [0.4, 0.5) is 8.78 Å². The van der Waals surface area contributed by atoms with Gasteiger partial charge in [-0.1, -0.05) is 88.6 Å². The predicted octanol–water partition coefficient (Wildman–Crippen LogP) is 7.88. The second-order valence-electron chi connectivity index (χ2n) is 8.92. The minimum atomic E-state index is -2.22. The number of benzene rings is 1. The van der Waals surface area contributed by atoms with E-state index in [9.17, 15) is 8.78 Å².